The number of nitrogens with zero attached hydrogens (tertiary/aromatic N) is 1. The van der Waals surface area contributed by atoms with Gasteiger partial charge in [-0.1, -0.05) is 11.3 Å². The predicted octanol–water partition coefficient (Wildman–Crippen LogP) is 2.23. The first kappa shape index (κ1) is 16.0. The number of carbonyl (C=O) groups excluding carboxylic acids is 1. The van der Waals surface area contributed by atoms with Crippen LogP contribution in [0.2, 0.25) is 0 Å². The number of hydrogen-bond donors (Lipinski definition) is 3. The van der Waals surface area contributed by atoms with Gasteiger partial charge in [0.1, 0.15) is 10.7 Å². The van der Waals surface area contributed by atoms with E-state index in [9.17, 15) is 4.79 Å². The van der Waals surface area contributed by atoms with Crippen molar-refractivity contribution in [2.45, 2.75) is 58.2 Å². The summed E-state index contributed by atoms with van der Waals surface area (Å²) in [6.45, 7) is 8.82. The first-order valence-electron chi connectivity index (χ1n) is 7.23. The summed E-state index contributed by atoms with van der Waals surface area (Å²) < 4.78 is 5.58. The molecule has 21 heavy (non-hydrogen) atoms. The van der Waals surface area contributed by atoms with Crippen LogP contribution in [-0.2, 0) is 4.74 Å². The van der Waals surface area contributed by atoms with Crippen LogP contribution < -0.4 is 16.4 Å². The normalized spacial score (nSPS) is 20.3. The first-order chi connectivity index (χ1) is 9.76. The predicted molar refractivity (Wildman–Crippen MR) is 85.8 cm³/mol. The molecule has 0 bridgehead atoms. The number of ether oxygens (including phenoxy) is 1. The van der Waals surface area contributed by atoms with Crippen LogP contribution in [0.4, 0.5) is 10.9 Å². The van der Waals surface area contributed by atoms with Crippen LogP contribution in [-0.4, -0.2) is 35.2 Å². The minimum Gasteiger partial charge on any atom is -0.382 e. The Kier molecular flexibility index (Phi) is 4.73. The number of nitrogens with one attached hydrogen (secondary N) is 2. The summed E-state index contributed by atoms with van der Waals surface area (Å²) in [6.07, 6.45) is 2.12. The molecule has 118 valence electrons. The van der Waals surface area contributed by atoms with Crippen LogP contribution in [0.25, 0.3) is 0 Å². The molecule has 2 rings (SSSR count). The van der Waals surface area contributed by atoms with E-state index in [2.05, 4.69) is 15.6 Å². The van der Waals surface area contributed by atoms with Crippen LogP contribution in [0, 0.1) is 0 Å². The molecule has 0 aliphatic carbocycles. The van der Waals surface area contributed by atoms with Crippen LogP contribution in [0.1, 0.15) is 50.2 Å². The smallest absolute Gasteiger partial charge is 0.265 e. The fraction of sp³-hybridized carbons (Fsp3) is 0.714. The number of thiazole rings is 1. The maximum atomic E-state index is 12.3. The summed E-state index contributed by atoms with van der Waals surface area (Å²) >= 11 is 1.28. The second-order valence-corrected chi connectivity index (χ2v) is 7.42. The largest absolute Gasteiger partial charge is 0.382 e. The molecule has 6 nitrogen and oxygen atoms in total. The average Bonchev–Trinajstić information content (AvgIpc) is 2.96. The van der Waals surface area contributed by atoms with E-state index >= 15 is 0 Å². The van der Waals surface area contributed by atoms with Gasteiger partial charge in [-0.05, 0) is 40.5 Å². The maximum absolute atomic E-state index is 12.3. The summed E-state index contributed by atoms with van der Waals surface area (Å²) in [5.74, 6) is 0.0822. The molecule has 1 amide bonds. The Bertz CT molecular complexity index is 504. The summed E-state index contributed by atoms with van der Waals surface area (Å²) in [7, 11) is 0. The minimum absolute atomic E-state index is 0.0273. The van der Waals surface area contributed by atoms with Gasteiger partial charge in [0.05, 0.1) is 12.1 Å². The molecule has 2 heterocycles. The number of aromatic nitrogens is 1. The van der Waals surface area contributed by atoms with Gasteiger partial charge in [0.2, 0.25) is 0 Å². The van der Waals surface area contributed by atoms with Gasteiger partial charge >= 0.3 is 0 Å². The van der Waals surface area contributed by atoms with E-state index < -0.39 is 0 Å². The number of nitrogens with two attached hydrogens (primary N) is 1. The van der Waals surface area contributed by atoms with Crippen molar-refractivity contribution < 1.29 is 9.53 Å². The minimum atomic E-state index is -0.185. The summed E-state index contributed by atoms with van der Waals surface area (Å²) in [5.41, 5.74) is 5.74. The molecule has 1 aliphatic heterocycles. The zero-order chi connectivity index (χ0) is 15.6. The van der Waals surface area contributed by atoms with E-state index in [1.165, 1.54) is 11.3 Å². The van der Waals surface area contributed by atoms with Crippen molar-refractivity contribution in [2.75, 3.05) is 17.7 Å². The zero-order valence-corrected chi connectivity index (χ0v) is 13.8. The number of anilines is 2. The molecule has 1 aromatic rings. The van der Waals surface area contributed by atoms with E-state index in [4.69, 9.17) is 10.5 Å². The molecule has 4 N–H and O–H groups in total. The Balaban J connectivity index is 2.01. The van der Waals surface area contributed by atoms with Crippen LogP contribution >= 0.6 is 11.3 Å². The van der Waals surface area contributed by atoms with Crippen LogP contribution in [0.3, 0.4) is 0 Å². The maximum Gasteiger partial charge on any atom is 0.265 e. The van der Waals surface area contributed by atoms with Crippen LogP contribution in [0.15, 0.2) is 0 Å². The van der Waals surface area contributed by atoms with Crippen molar-refractivity contribution in [2.24, 2.45) is 0 Å². The second-order valence-electron chi connectivity index (χ2n) is 6.42. The molecule has 0 radical (unpaired) electrons. The van der Waals surface area contributed by atoms with Crippen molar-refractivity contribution in [3.05, 3.63) is 4.88 Å². The first-order valence-corrected chi connectivity index (χ1v) is 8.05. The van der Waals surface area contributed by atoms with Gasteiger partial charge in [-0.3, -0.25) is 4.79 Å². The van der Waals surface area contributed by atoms with E-state index in [0.29, 0.717) is 10.0 Å². The highest BCUT2D eigenvalue weighted by Gasteiger charge is 2.26. The van der Waals surface area contributed by atoms with E-state index in [-0.39, 0.29) is 29.4 Å². The molecule has 0 aromatic carbocycles. The molecular formula is C14H24N4O2S. The molecule has 1 saturated heterocycles. The highest BCUT2D eigenvalue weighted by molar-refractivity contribution is 7.18. The van der Waals surface area contributed by atoms with Crippen molar-refractivity contribution in [3.63, 3.8) is 0 Å². The number of nitrogen functional groups attached to an aromatic ring is 1. The van der Waals surface area contributed by atoms with E-state index in [0.717, 1.165) is 19.4 Å². The van der Waals surface area contributed by atoms with Gasteiger partial charge in [-0.15, -0.1) is 0 Å². The summed E-state index contributed by atoms with van der Waals surface area (Å²) in [4.78, 5) is 17.0. The lowest BCUT2D eigenvalue weighted by molar-refractivity contribution is 0.0715. The fourth-order valence-corrected chi connectivity index (χ4v) is 3.23. The Hall–Kier alpha value is -1.34. The third-order valence-electron chi connectivity index (χ3n) is 3.22. The third kappa shape index (κ3) is 4.31. The Labute approximate surface area is 129 Å². The van der Waals surface area contributed by atoms with Crippen molar-refractivity contribution in [3.8, 4) is 0 Å². The van der Waals surface area contributed by atoms with Crippen molar-refractivity contribution in [1.29, 1.82) is 0 Å². The molecule has 0 saturated carbocycles. The highest BCUT2D eigenvalue weighted by atomic mass is 32.1. The van der Waals surface area contributed by atoms with Gasteiger partial charge in [-0.25, -0.2) is 4.98 Å². The molecule has 0 spiro atoms. The Morgan fingerprint density at radius 3 is 2.81 bits per heavy atom. The second kappa shape index (κ2) is 6.19. The Morgan fingerprint density at radius 1 is 1.52 bits per heavy atom. The molecule has 2 atom stereocenters. The quantitative estimate of drug-likeness (QED) is 0.793. The van der Waals surface area contributed by atoms with E-state index in [1.807, 2.05) is 27.7 Å². The monoisotopic (exact) mass is 312 g/mol. The number of rotatable bonds is 4. The molecule has 7 heteroatoms. The van der Waals surface area contributed by atoms with Crippen molar-refractivity contribution >= 4 is 28.2 Å². The summed E-state index contributed by atoms with van der Waals surface area (Å²) in [6, 6.07) is -0.0273. The average molecular weight is 312 g/mol. The fourth-order valence-electron chi connectivity index (χ4n) is 2.23. The van der Waals surface area contributed by atoms with Gasteiger partial charge in [0.25, 0.3) is 5.91 Å². The van der Waals surface area contributed by atoms with Gasteiger partial charge in [-0.2, -0.15) is 0 Å². The molecule has 1 aromatic heterocycles. The topological polar surface area (TPSA) is 89.3 Å². The van der Waals surface area contributed by atoms with Gasteiger partial charge in [0.15, 0.2) is 5.13 Å². The lowest BCUT2D eigenvalue weighted by atomic mass is 10.1. The summed E-state index contributed by atoms with van der Waals surface area (Å²) in [5, 5.41) is 6.84. The molecule has 1 fully saturated rings. The highest BCUT2D eigenvalue weighted by Crippen LogP contribution is 2.27. The van der Waals surface area contributed by atoms with Crippen LogP contribution in [0.5, 0.6) is 0 Å². The molecular weight excluding hydrogens is 288 g/mol. The van der Waals surface area contributed by atoms with Crippen molar-refractivity contribution in [1.82, 2.24) is 10.3 Å². The molecule has 1 aliphatic rings. The number of carbonyl (C=O) groups is 1. The van der Waals surface area contributed by atoms with E-state index in [1.54, 1.807) is 0 Å². The Morgan fingerprint density at radius 2 is 2.24 bits per heavy atom. The lowest BCUT2D eigenvalue weighted by Gasteiger charge is -2.20. The third-order valence-corrected chi connectivity index (χ3v) is 4.21. The number of hydrogen-bond acceptors (Lipinski definition) is 6. The SMILES string of the molecule is CC(NC(=O)c1sc(NC(C)(C)C)nc1N)C1CCCO1. The number of amides is 1. The lowest BCUT2D eigenvalue weighted by Crippen LogP contribution is -2.40. The van der Waals surface area contributed by atoms with Gasteiger partial charge < -0.3 is 21.1 Å². The standard InChI is InChI=1S/C14H24N4O2S/c1-8(9-6-5-7-20-9)16-12(19)10-11(15)17-13(21-10)18-14(2,3)4/h8-9H,5-7,15H2,1-4H3,(H,16,19)(H,17,18). The van der Waals surface area contributed by atoms with Gasteiger partial charge in [0, 0.05) is 12.1 Å². The molecule has 2 unspecified atom stereocenters. The zero-order valence-electron chi connectivity index (χ0n) is 13.0.